The number of hydrogen-bond acceptors (Lipinski definition) is 3. The number of amides is 1. The van der Waals surface area contributed by atoms with Gasteiger partial charge in [-0.05, 0) is 48.7 Å². The molecule has 1 N–H and O–H groups in total. The summed E-state index contributed by atoms with van der Waals surface area (Å²) in [7, 11) is 1.67. The van der Waals surface area contributed by atoms with Crippen molar-refractivity contribution in [1.82, 2.24) is 10.2 Å². The molecule has 0 unspecified atom stereocenters. The third-order valence-electron chi connectivity index (χ3n) is 5.78. The third kappa shape index (κ3) is 2.55. The van der Waals surface area contributed by atoms with E-state index in [1.54, 1.807) is 7.11 Å². The molecule has 4 rings (SSSR count). The van der Waals surface area contributed by atoms with E-state index < -0.39 is 0 Å². The first-order valence-electron chi connectivity index (χ1n) is 8.78. The Labute approximate surface area is 142 Å². The van der Waals surface area contributed by atoms with E-state index >= 15 is 0 Å². The molecule has 0 radical (unpaired) electrons. The number of nitrogens with zero attached hydrogens (tertiary/aromatic N) is 1. The van der Waals surface area contributed by atoms with Crippen LogP contribution in [0, 0.1) is 5.41 Å². The molecule has 2 saturated heterocycles. The Morgan fingerprint density at radius 1 is 1.08 bits per heavy atom. The van der Waals surface area contributed by atoms with Gasteiger partial charge in [0, 0.05) is 30.6 Å². The normalized spacial score (nSPS) is 19.8. The maximum absolute atomic E-state index is 13.1. The molecule has 24 heavy (non-hydrogen) atoms. The standard InChI is InChI=1S/C20H24N2O2/c1-24-18-7-6-17(15-4-2-3-5-16(15)18)19(23)22-12-9-20(10-13-22)8-11-21-14-20/h2-7,21H,8-14H2,1H3. The SMILES string of the molecule is COc1ccc(C(=O)N2CCC3(CCNC3)CC2)c2ccccc12. The summed E-state index contributed by atoms with van der Waals surface area (Å²) in [6.45, 7) is 3.96. The fourth-order valence-electron chi connectivity index (χ4n) is 4.21. The number of carbonyl (C=O) groups excluding carboxylic acids is 1. The molecule has 1 amide bonds. The monoisotopic (exact) mass is 324 g/mol. The Balaban J connectivity index is 1.60. The first-order chi connectivity index (χ1) is 11.7. The second-order valence-electron chi connectivity index (χ2n) is 7.08. The molecule has 4 heteroatoms. The van der Waals surface area contributed by atoms with Gasteiger partial charge in [0.15, 0.2) is 0 Å². The van der Waals surface area contributed by atoms with Crippen molar-refractivity contribution in [1.29, 1.82) is 0 Å². The van der Waals surface area contributed by atoms with Crippen molar-refractivity contribution in [2.45, 2.75) is 19.3 Å². The molecule has 126 valence electrons. The third-order valence-corrected chi connectivity index (χ3v) is 5.78. The number of fused-ring (bicyclic) bond motifs is 1. The van der Waals surface area contributed by atoms with Crippen LogP contribution in [0.15, 0.2) is 36.4 Å². The summed E-state index contributed by atoms with van der Waals surface area (Å²) in [4.78, 5) is 15.1. The predicted octanol–water partition coefficient (Wildman–Crippen LogP) is 3.06. The van der Waals surface area contributed by atoms with Gasteiger partial charge in [0.05, 0.1) is 7.11 Å². The number of hydrogen-bond donors (Lipinski definition) is 1. The van der Waals surface area contributed by atoms with E-state index in [0.29, 0.717) is 5.41 Å². The van der Waals surface area contributed by atoms with Crippen LogP contribution in [-0.4, -0.2) is 44.1 Å². The second-order valence-corrected chi connectivity index (χ2v) is 7.08. The first kappa shape index (κ1) is 15.5. The van der Waals surface area contributed by atoms with Gasteiger partial charge in [-0.15, -0.1) is 0 Å². The molecule has 2 aromatic rings. The van der Waals surface area contributed by atoms with Gasteiger partial charge in [-0.1, -0.05) is 24.3 Å². The summed E-state index contributed by atoms with van der Waals surface area (Å²) in [5.41, 5.74) is 1.21. The maximum atomic E-state index is 13.1. The van der Waals surface area contributed by atoms with Crippen molar-refractivity contribution in [3.05, 3.63) is 42.0 Å². The Kier molecular flexibility index (Phi) is 3.93. The lowest BCUT2D eigenvalue weighted by atomic mass is 9.77. The molecule has 2 aromatic carbocycles. The number of ether oxygens (including phenoxy) is 1. The predicted molar refractivity (Wildman–Crippen MR) is 95.6 cm³/mol. The van der Waals surface area contributed by atoms with E-state index in [-0.39, 0.29) is 5.91 Å². The van der Waals surface area contributed by atoms with Gasteiger partial charge < -0.3 is 15.0 Å². The van der Waals surface area contributed by atoms with Crippen LogP contribution >= 0.6 is 0 Å². The van der Waals surface area contributed by atoms with Crippen LogP contribution in [0.5, 0.6) is 5.75 Å². The van der Waals surface area contributed by atoms with E-state index in [2.05, 4.69) is 5.32 Å². The van der Waals surface area contributed by atoms with E-state index in [0.717, 1.165) is 61.1 Å². The van der Waals surface area contributed by atoms with Crippen molar-refractivity contribution in [3.8, 4) is 5.75 Å². The minimum Gasteiger partial charge on any atom is -0.496 e. The fraction of sp³-hybridized carbons (Fsp3) is 0.450. The molecule has 0 atom stereocenters. The molecule has 2 fully saturated rings. The number of carbonyl (C=O) groups is 1. The highest BCUT2D eigenvalue weighted by atomic mass is 16.5. The largest absolute Gasteiger partial charge is 0.496 e. The van der Waals surface area contributed by atoms with Crippen LogP contribution in [-0.2, 0) is 0 Å². The number of piperidine rings is 1. The van der Waals surface area contributed by atoms with Gasteiger partial charge in [-0.3, -0.25) is 4.79 Å². The molecule has 0 aliphatic carbocycles. The van der Waals surface area contributed by atoms with E-state index in [9.17, 15) is 4.79 Å². The molecule has 2 heterocycles. The van der Waals surface area contributed by atoms with Gasteiger partial charge in [-0.2, -0.15) is 0 Å². The number of rotatable bonds is 2. The van der Waals surface area contributed by atoms with Gasteiger partial charge in [-0.25, -0.2) is 0 Å². The molecule has 2 aliphatic rings. The Morgan fingerprint density at radius 2 is 1.83 bits per heavy atom. The van der Waals surface area contributed by atoms with Gasteiger partial charge in [0.2, 0.25) is 0 Å². The summed E-state index contributed by atoms with van der Waals surface area (Å²) >= 11 is 0. The fourth-order valence-corrected chi connectivity index (χ4v) is 4.21. The van der Waals surface area contributed by atoms with Crippen LogP contribution in [0.3, 0.4) is 0 Å². The van der Waals surface area contributed by atoms with Crippen molar-refractivity contribution in [2.24, 2.45) is 5.41 Å². The van der Waals surface area contributed by atoms with Gasteiger partial charge in [0.25, 0.3) is 5.91 Å². The minimum absolute atomic E-state index is 0.148. The number of likely N-dealkylation sites (tertiary alicyclic amines) is 1. The summed E-state index contributed by atoms with van der Waals surface area (Å²) in [5, 5.41) is 5.45. The van der Waals surface area contributed by atoms with E-state index in [1.165, 1.54) is 6.42 Å². The first-order valence-corrected chi connectivity index (χ1v) is 8.78. The number of nitrogens with one attached hydrogen (secondary N) is 1. The lowest BCUT2D eigenvalue weighted by Crippen LogP contribution is -2.44. The van der Waals surface area contributed by atoms with Gasteiger partial charge in [0.1, 0.15) is 5.75 Å². The van der Waals surface area contributed by atoms with Gasteiger partial charge >= 0.3 is 0 Å². The van der Waals surface area contributed by atoms with E-state index in [4.69, 9.17) is 4.74 Å². The topological polar surface area (TPSA) is 41.6 Å². The Morgan fingerprint density at radius 3 is 2.50 bits per heavy atom. The van der Waals surface area contributed by atoms with Crippen molar-refractivity contribution < 1.29 is 9.53 Å². The van der Waals surface area contributed by atoms with E-state index in [1.807, 2.05) is 41.3 Å². The molecule has 1 spiro atoms. The van der Waals surface area contributed by atoms with Crippen LogP contribution in [0.1, 0.15) is 29.6 Å². The van der Waals surface area contributed by atoms with Crippen LogP contribution in [0.4, 0.5) is 0 Å². The molecule has 2 aliphatic heterocycles. The lowest BCUT2D eigenvalue weighted by Gasteiger charge is -2.39. The van der Waals surface area contributed by atoms with Crippen LogP contribution in [0.25, 0.3) is 10.8 Å². The van der Waals surface area contributed by atoms with Crippen molar-refractivity contribution in [3.63, 3.8) is 0 Å². The Hall–Kier alpha value is -2.07. The number of methoxy groups -OCH3 is 1. The van der Waals surface area contributed by atoms with Crippen molar-refractivity contribution >= 4 is 16.7 Å². The zero-order valence-corrected chi connectivity index (χ0v) is 14.2. The average molecular weight is 324 g/mol. The smallest absolute Gasteiger partial charge is 0.254 e. The summed E-state index contributed by atoms with van der Waals surface area (Å²) < 4.78 is 5.44. The average Bonchev–Trinajstić information content (AvgIpc) is 3.09. The lowest BCUT2D eigenvalue weighted by molar-refractivity contribution is 0.0609. The summed E-state index contributed by atoms with van der Waals surface area (Å²) in [6, 6.07) is 11.8. The summed E-state index contributed by atoms with van der Waals surface area (Å²) in [5.74, 6) is 0.964. The van der Waals surface area contributed by atoms with Crippen LogP contribution < -0.4 is 10.1 Å². The molecule has 4 nitrogen and oxygen atoms in total. The molecule has 0 saturated carbocycles. The quantitative estimate of drug-likeness (QED) is 0.923. The second kappa shape index (κ2) is 6.10. The minimum atomic E-state index is 0.148. The maximum Gasteiger partial charge on any atom is 0.254 e. The Bertz CT molecular complexity index is 755. The molecular formula is C20H24N2O2. The molecule has 0 aromatic heterocycles. The zero-order valence-electron chi connectivity index (χ0n) is 14.2. The highest BCUT2D eigenvalue weighted by Crippen LogP contribution is 2.38. The van der Waals surface area contributed by atoms with Crippen molar-refractivity contribution in [2.75, 3.05) is 33.3 Å². The highest BCUT2D eigenvalue weighted by Gasteiger charge is 2.38. The number of benzene rings is 2. The summed E-state index contributed by atoms with van der Waals surface area (Å²) in [6.07, 6.45) is 3.47. The molecule has 0 bridgehead atoms. The zero-order chi connectivity index (χ0) is 16.6. The highest BCUT2D eigenvalue weighted by molar-refractivity contribution is 6.08. The molecular weight excluding hydrogens is 300 g/mol. The van der Waals surface area contributed by atoms with Crippen LogP contribution in [0.2, 0.25) is 0 Å².